The van der Waals surface area contributed by atoms with Crippen LogP contribution in [0, 0.1) is 0 Å². The lowest BCUT2D eigenvalue weighted by atomic mass is 10.1. The zero-order chi connectivity index (χ0) is 13.1. The Labute approximate surface area is 105 Å². The Morgan fingerprint density at radius 2 is 2.11 bits per heavy atom. The number of nitrogens with zero attached hydrogens (tertiary/aromatic N) is 2. The quantitative estimate of drug-likeness (QED) is 0.865. The van der Waals surface area contributed by atoms with Crippen LogP contribution in [0.2, 0.25) is 0 Å². The van der Waals surface area contributed by atoms with Crippen LogP contribution in [0.15, 0.2) is 35.4 Å². The van der Waals surface area contributed by atoms with Crippen LogP contribution >= 0.6 is 0 Å². The first-order valence-corrected chi connectivity index (χ1v) is 5.73. The summed E-state index contributed by atoms with van der Waals surface area (Å²) >= 11 is 0. The van der Waals surface area contributed by atoms with E-state index in [-0.39, 0.29) is 5.69 Å². The van der Waals surface area contributed by atoms with Crippen LogP contribution in [0.4, 0.5) is 0 Å². The molecule has 0 spiro atoms. The van der Waals surface area contributed by atoms with Crippen LogP contribution in [-0.2, 0) is 20.1 Å². The Kier molecular flexibility index (Phi) is 3.53. The van der Waals surface area contributed by atoms with E-state index in [2.05, 4.69) is 0 Å². The second-order valence-electron chi connectivity index (χ2n) is 4.17. The second-order valence-corrected chi connectivity index (χ2v) is 4.17. The molecule has 2 rings (SSSR count). The first kappa shape index (κ1) is 12.4. The molecule has 0 atom stereocenters. The summed E-state index contributed by atoms with van der Waals surface area (Å²) in [5, 5.41) is 0. The van der Waals surface area contributed by atoms with E-state index in [0.29, 0.717) is 13.1 Å². The fraction of sp³-hybridized carbons (Fsp3) is 0.308. The Hall–Kier alpha value is -2.01. The Balaban J connectivity index is 2.30. The number of aryl methyl sites for hydroxylation is 1. The van der Waals surface area contributed by atoms with Crippen molar-refractivity contribution in [1.29, 1.82) is 0 Å². The number of imidazole rings is 1. The number of methoxy groups -OCH3 is 1. The largest absolute Gasteiger partial charge is 0.496 e. The molecule has 0 fully saturated rings. The van der Waals surface area contributed by atoms with Gasteiger partial charge in [-0.3, -0.25) is 4.57 Å². The van der Waals surface area contributed by atoms with E-state index in [1.54, 1.807) is 35.7 Å². The van der Waals surface area contributed by atoms with Gasteiger partial charge in [-0.15, -0.1) is 0 Å². The summed E-state index contributed by atoms with van der Waals surface area (Å²) in [6, 6.07) is 5.81. The van der Waals surface area contributed by atoms with E-state index < -0.39 is 0 Å². The minimum absolute atomic E-state index is 0.0307. The molecular formula is C13H17N3O2. The van der Waals surface area contributed by atoms with Gasteiger partial charge < -0.3 is 15.0 Å². The molecule has 2 aromatic rings. The maximum Gasteiger partial charge on any atom is 0.328 e. The maximum absolute atomic E-state index is 11.7. The van der Waals surface area contributed by atoms with Crippen molar-refractivity contribution in [3.05, 3.63) is 52.2 Å². The molecule has 1 heterocycles. The number of ether oxygens (including phenoxy) is 1. The van der Waals surface area contributed by atoms with Gasteiger partial charge in [-0.25, -0.2) is 4.79 Å². The molecule has 18 heavy (non-hydrogen) atoms. The molecule has 5 nitrogen and oxygen atoms in total. The molecule has 0 unspecified atom stereocenters. The van der Waals surface area contributed by atoms with E-state index >= 15 is 0 Å². The number of aromatic nitrogens is 2. The van der Waals surface area contributed by atoms with Crippen molar-refractivity contribution in [3.63, 3.8) is 0 Å². The lowest BCUT2D eigenvalue weighted by Gasteiger charge is -2.09. The summed E-state index contributed by atoms with van der Waals surface area (Å²) in [5.41, 5.74) is 7.56. The second kappa shape index (κ2) is 5.10. The summed E-state index contributed by atoms with van der Waals surface area (Å²) in [6.07, 6.45) is 3.51. The third-order valence-corrected chi connectivity index (χ3v) is 2.94. The summed E-state index contributed by atoms with van der Waals surface area (Å²) in [4.78, 5) is 11.7. The van der Waals surface area contributed by atoms with Gasteiger partial charge in [-0.05, 0) is 11.6 Å². The normalized spacial score (nSPS) is 10.6. The third-order valence-electron chi connectivity index (χ3n) is 2.94. The number of nitrogens with two attached hydrogens (primary N) is 1. The molecule has 0 aliphatic carbocycles. The zero-order valence-electron chi connectivity index (χ0n) is 10.6. The smallest absolute Gasteiger partial charge is 0.328 e. The van der Waals surface area contributed by atoms with Gasteiger partial charge in [0.1, 0.15) is 5.75 Å². The molecule has 0 bridgehead atoms. The van der Waals surface area contributed by atoms with Crippen molar-refractivity contribution < 1.29 is 4.74 Å². The zero-order valence-corrected chi connectivity index (χ0v) is 10.6. The molecular weight excluding hydrogens is 230 g/mol. The Morgan fingerprint density at radius 3 is 2.67 bits per heavy atom. The molecule has 96 valence electrons. The summed E-state index contributed by atoms with van der Waals surface area (Å²) in [6.45, 7) is 0.968. The van der Waals surface area contributed by atoms with Crippen LogP contribution in [0.1, 0.15) is 11.1 Å². The third kappa shape index (κ3) is 2.31. The van der Waals surface area contributed by atoms with Crippen LogP contribution in [0.5, 0.6) is 5.75 Å². The predicted molar refractivity (Wildman–Crippen MR) is 69.7 cm³/mol. The van der Waals surface area contributed by atoms with Gasteiger partial charge in [-0.2, -0.15) is 0 Å². The van der Waals surface area contributed by atoms with E-state index in [0.717, 1.165) is 16.9 Å². The highest BCUT2D eigenvalue weighted by atomic mass is 16.5. The van der Waals surface area contributed by atoms with Crippen molar-refractivity contribution >= 4 is 0 Å². The average Bonchev–Trinajstić information content (AvgIpc) is 2.70. The van der Waals surface area contributed by atoms with Gasteiger partial charge in [-0.1, -0.05) is 12.1 Å². The number of benzene rings is 1. The highest BCUT2D eigenvalue weighted by Crippen LogP contribution is 2.20. The van der Waals surface area contributed by atoms with Crippen molar-refractivity contribution in [2.45, 2.75) is 13.1 Å². The Morgan fingerprint density at radius 1 is 1.33 bits per heavy atom. The van der Waals surface area contributed by atoms with E-state index in [4.69, 9.17) is 10.5 Å². The predicted octanol–water partition coefficient (Wildman–Crippen LogP) is 0.702. The minimum atomic E-state index is -0.0307. The summed E-state index contributed by atoms with van der Waals surface area (Å²) in [5.74, 6) is 0.763. The first-order valence-electron chi connectivity index (χ1n) is 5.73. The van der Waals surface area contributed by atoms with Crippen molar-refractivity contribution in [2.24, 2.45) is 12.8 Å². The summed E-state index contributed by atoms with van der Waals surface area (Å²) < 4.78 is 8.47. The first-order chi connectivity index (χ1) is 8.65. The molecule has 0 saturated heterocycles. The number of rotatable bonds is 4. The molecule has 0 aliphatic heterocycles. The fourth-order valence-electron chi connectivity index (χ4n) is 1.88. The molecule has 1 aromatic heterocycles. The van der Waals surface area contributed by atoms with E-state index in [1.807, 2.05) is 18.2 Å². The van der Waals surface area contributed by atoms with Crippen LogP contribution < -0.4 is 16.2 Å². The lowest BCUT2D eigenvalue weighted by molar-refractivity contribution is 0.409. The molecule has 0 radical (unpaired) electrons. The molecule has 0 aliphatic rings. The van der Waals surface area contributed by atoms with Crippen molar-refractivity contribution in [1.82, 2.24) is 9.13 Å². The van der Waals surface area contributed by atoms with Crippen molar-refractivity contribution in [2.75, 3.05) is 7.11 Å². The van der Waals surface area contributed by atoms with E-state index in [1.165, 1.54) is 0 Å². The van der Waals surface area contributed by atoms with Gasteiger partial charge in [0.25, 0.3) is 0 Å². The monoisotopic (exact) mass is 247 g/mol. The highest BCUT2D eigenvalue weighted by molar-refractivity contribution is 5.37. The number of hydrogen-bond acceptors (Lipinski definition) is 3. The maximum atomic E-state index is 11.7. The van der Waals surface area contributed by atoms with Crippen LogP contribution in [0.25, 0.3) is 0 Å². The fourth-order valence-corrected chi connectivity index (χ4v) is 1.88. The number of hydrogen-bond donors (Lipinski definition) is 1. The van der Waals surface area contributed by atoms with Crippen LogP contribution in [-0.4, -0.2) is 16.2 Å². The van der Waals surface area contributed by atoms with Gasteiger partial charge in [0.15, 0.2) is 0 Å². The molecule has 0 saturated carbocycles. The minimum Gasteiger partial charge on any atom is -0.496 e. The summed E-state index contributed by atoms with van der Waals surface area (Å²) in [7, 11) is 3.35. The molecule has 0 amide bonds. The van der Waals surface area contributed by atoms with Gasteiger partial charge in [0, 0.05) is 31.5 Å². The topological polar surface area (TPSA) is 62.2 Å². The Bertz CT molecular complexity index is 599. The molecule has 5 heteroatoms. The lowest BCUT2D eigenvalue weighted by Crippen LogP contribution is -2.22. The highest BCUT2D eigenvalue weighted by Gasteiger charge is 2.05. The van der Waals surface area contributed by atoms with Gasteiger partial charge in [0.2, 0.25) is 0 Å². The van der Waals surface area contributed by atoms with Crippen molar-refractivity contribution in [3.8, 4) is 5.75 Å². The molecule has 1 aromatic carbocycles. The molecule has 2 N–H and O–H groups in total. The van der Waals surface area contributed by atoms with Crippen LogP contribution in [0.3, 0.4) is 0 Å². The van der Waals surface area contributed by atoms with E-state index in [9.17, 15) is 4.79 Å². The average molecular weight is 247 g/mol. The van der Waals surface area contributed by atoms with Gasteiger partial charge >= 0.3 is 5.69 Å². The SMILES string of the molecule is COc1cc(Cn2ccn(C)c2=O)ccc1CN. The van der Waals surface area contributed by atoms with Gasteiger partial charge in [0.05, 0.1) is 13.7 Å². The standard InChI is InChI=1S/C13H17N3O2/c1-15-5-6-16(13(15)17)9-10-3-4-11(8-14)12(7-10)18-2/h3-7H,8-9,14H2,1-2H3.